The molecular formula is C14H18F2N4. The fourth-order valence-electron chi connectivity index (χ4n) is 2.21. The van der Waals surface area contributed by atoms with E-state index in [1.807, 2.05) is 25.3 Å². The lowest BCUT2D eigenvalue weighted by Gasteiger charge is -2.24. The summed E-state index contributed by atoms with van der Waals surface area (Å²) < 4.78 is 28.1. The van der Waals surface area contributed by atoms with Crippen molar-refractivity contribution in [3.05, 3.63) is 47.0 Å². The average molecular weight is 280 g/mol. The molecule has 0 aliphatic heterocycles. The molecule has 0 aliphatic carbocycles. The van der Waals surface area contributed by atoms with Crippen molar-refractivity contribution in [1.29, 1.82) is 0 Å². The molecule has 2 aromatic rings. The second kappa shape index (κ2) is 5.28. The van der Waals surface area contributed by atoms with Crippen molar-refractivity contribution in [3.8, 4) is 0 Å². The van der Waals surface area contributed by atoms with Crippen molar-refractivity contribution in [2.75, 3.05) is 0 Å². The van der Waals surface area contributed by atoms with Gasteiger partial charge in [0.25, 0.3) is 0 Å². The number of aromatic nitrogens is 3. The number of rotatable bonds is 3. The van der Waals surface area contributed by atoms with Crippen molar-refractivity contribution in [3.63, 3.8) is 0 Å². The average Bonchev–Trinajstić information content (AvgIpc) is 2.76. The van der Waals surface area contributed by atoms with Gasteiger partial charge < -0.3 is 10.3 Å². The van der Waals surface area contributed by atoms with Crippen molar-refractivity contribution in [2.24, 2.45) is 5.73 Å². The Morgan fingerprint density at radius 2 is 1.75 bits per heavy atom. The Morgan fingerprint density at radius 3 is 2.30 bits per heavy atom. The quantitative estimate of drug-likeness (QED) is 0.939. The molecule has 0 unspecified atom stereocenters. The van der Waals surface area contributed by atoms with Crippen LogP contribution in [-0.2, 0) is 18.5 Å². The molecule has 1 heterocycles. The molecule has 108 valence electrons. The van der Waals surface area contributed by atoms with E-state index in [0.717, 1.165) is 6.07 Å². The van der Waals surface area contributed by atoms with E-state index in [1.165, 1.54) is 6.07 Å². The molecule has 0 atom stereocenters. The second-order valence-electron chi connectivity index (χ2n) is 5.67. The number of nitrogens with zero attached hydrogens (tertiary/aromatic N) is 3. The standard InChI is InChI=1S/C14H18F2N4/c1-14(2,3)20-12(18-19-13(20)8-17)7-9-4-5-10(15)11(16)6-9/h4-6H,7-8,17H2,1-3H3. The lowest BCUT2D eigenvalue weighted by atomic mass is 10.1. The maximum absolute atomic E-state index is 13.2. The zero-order valence-electron chi connectivity index (χ0n) is 11.8. The van der Waals surface area contributed by atoms with Crippen LogP contribution in [0.5, 0.6) is 0 Å². The van der Waals surface area contributed by atoms with E-state index in [4.69, 9.17) is 5.73 Å². The molecule has 2 N–H and O–H groups in total. The van der Waals surface area contributed by atoms with Gasteiger partial charge in [-0.05, 0) is 38.5 Å². The third-order valence-electron chi connectivity index (χ3n) is 3.00. The third kappa shape index (κ3) is 2.85. The zero-order valence-corrected chi connectivity index (χ0v) is 11.8. The smallest absolute Gasteiger partial charge is 0.159 e. The molecule has 20 heavy (non-hydrogen) atoms. The first-order chi connectivity index (χ1) is 9.32. The Hall–Kier alpha value is -1.82. The van der Waals surface area contributed by atoms with Crippen LogP contribution >= 0.6 is 0 Å². The van der Waals surface area contributed by atoms with Crippen LogP contribution in [0.2, 0.25) is 0 Å². The minimum absolute atomic E-state index is 0.230. The van der Waals surface area contributed by atoms with Gasteiger partial charge in [0.15, 0.2) is 11.6 Å². The summed E-state index contributed by atoms with van der Waals surface area (Å²) in [5.41, 5.74) is 6.08. The predicted octanol–water partition coefficient (Wildman–Crippen LogP) is 2.36. The van der Waals surface area contributed by atoms with Crippen LogP contribution in [0.3, 0.4) is 0 Å². The molecule has 0 amide bonds. The van der Waals surface area contributed by atoms with Crippen LogP contribution in [0.15, 0.2) is 18.2 Å². The summed E-state index contributed by atoms with van der Waals surface area (Å²) in [6, 6.07) is 3.84. The molecular weight excluding hydrogens is 262 g/mol. The van der Waals surface area contributed by atoms with Crippen LogP contribution in [0.4, 0.5) is 8.78 Å². The van der Waals surface area contributed by atoms with Crippen LogP contribution in [-0.4, -0.2) is 14.8 Å². The van der Waals surface area contributed by atoms with E-state index in [1.54, 1.807) is 6.07 Å². The molecule has 1 aromatic heterocycles. The van der Waals surface area contributed by atoms with E-state index in [2.05, 4.69) is 10.2 Å². The summed E-state index contributed by atoms with van der Waals surface area (Å²) in [6.07, 6.45) is 0.376. The first-order valence-electron chi connectivity index (χ1n) is 6.40. The summed E-state index contributed by atoms with van der Waals surface area (Å²) in [5.74, 6) is -0.351. The summed E-state index contributed by atoms with van der Waals surface area (Å²) in [5, 5.41) is 8.17. The van der Waals surface area contributed by atoms with Gasteiger partial charge in [0, 0.05) is 12.0 Å². The molecule has 0 spiro atoms. The molecule has 0 saturated heterocycles. The van der Waals surface area contributed by atoms with E-state index in [0.29, 0.717) is 23.6 Å². The number of benzene rings is 1. The molecule has 0 saturated carbocycles. The van der Waals surface area contributed by atoms with Gasteiger partial charge in [-0.1, -0.05) is 6.07 Å². The normalized spacial score (nSPS) is 11.9. The summed E-state index contributed by atoms with van der Waals surface area (Å²) in [7, 11) is 0. The minimum atomic E-state index is -0.858. The van der Waals surface area contributed by atoms with Gasteiger partial charge in [-0.15, -0.1) is 10.2 Å². The Labute approximate surface area is 116 Å². The fourth-order valence-corrected chi connectivity index (χ4v) is 2.21. The molecule has 0 fully saturated rings. The predicted molar refractivity (Wildman–Crippen MR) is 72.1 cm³/mol. The van der Waals surface area contributed by atoms with E-state index < -0.39 is 11.6 Å². The maximum atomic E-state index is 13.2. The van der Waals surface area contributed by atoms with Crippen molar-refractivity contribution in [2.45, 2.75) is 39.3 Å². The highest BCUT2D eigenvalue weighted by molar-refractivity contribution is 5.22. The van der Waals surface area contributed by atoms with Crippen molar-refractivity contribution < 1.29 is 8.78 Å². The highest BCUT2D eigenvalue weighted by atomic mass is 19.2. The first-order valence-corrected chi connectivity index (χ1v) is 6.40. The monoisotopic (exact) mass is 280 g/mol. The first kappa shape index (κ1) is 14.6. The Morgan fingerprint density at radius 1 is 1.10 bits per heavy atom. The number of hydrogen-bond donors (Lipinski definition) is 1. The second-order valence-corrected chi connectivity index (χ2v) is 5.67. The zero-order chi connectivity index (χ0) is 14.9. The van der Waals surface area contributed by atoms with Crippen LogP contribution in [0.25, 0.3) is 0 Å². The molecule has 0 bridgehead atoms. The molecule has 4 nitrogen and oxygen atoms in total. The van der Waals surface area contributed by atoms with Crippen molar-refractivity contribution in [1.82, 2.24) is 14.8 Å². The lowest BCUT2D eigenvalue weighted by molar-refractivity contribution is 0.371. The van der Waals surface area contributed by atoms with Crippen LogP contribution in [0, 0.1) is 11.6 Å². The minimum Gasteiger partial charge on any atom is -0.324 e. The molecule has 6 heteroatoms. The van der Waals surface area contributed by atoms with Crippen LogP contribution in [0.1, 0.15) is 38.0 Å². The topological polar surface area (TPSA) is 56.7 Å². The highest BCUT2D eigenvalue weighted by Gasteiger charge is 2.22. The van der Waals surface area contributed by atoms with Gasteiger partial charge in [0.1, 0.15) is 11.6 Å². The number of nitrogens with two attached hydrogens (primary N) is 1. The molecule has 1 aromatic carbocycles. The largest absolute Gasteiger partial charge is 0.324 e. The van der Waals surface area contributed by atoms with Gasteiger partial charge >= 0.3 is 0 Å². The third-order valence-corrected chi connectivity index (χ3v) is 3.00. The van der Waals surface area contributed by atoms with Gasteiger partial charge in [0.2, 0.25) is 0 Å². The highest BCUT2D eigenvalue weighted by Crippen LogP contribution is 2.21. The molecule has 0 radical (unpaired) electrons. The summed E-state index contributed by atoms with van der Waals surface area (Å²) in [4.78, 5) is 0. The fraction of sp³-hybridized carbons (Fsp3) is 0.429. The Balaban J connectivity index is 2.38. The van der Waals surface area contributed by atoms with Gasteiger partial charge in [0.05, 0.1) is 6.54 Å². The van der Waals surface area contributed by atoms with Gasteiger partial charge in [-0.25, -0.2) is 8.78 Å². The Bertz CT molecular complexity index is 614. The Kier molecular flexibility index (Phi) is 3.85. The summed E-state index contributed by atoms with van der Waals surface area (Å²) >= 11 is 0. The van der Waals surface area contributed by atoms with E-state index in [9.17, 15) is 8.78 Å². The maximum Gasteiger partial charge on any atom is 0.159 e. The lowest BCUT2D eigenvalue weighted by Crippen LogP contribution is -2.27. The van der Waals surface area contributed by atoms with Gasteiger partial charge in [-0.3, -0.25) is 0 Å². The van der Waals surface area contributed by atoms with Crippen molar-refractivity contribution >= 4 is 0 Å². The van der Waals surface area contributed by atoms with E-state index in [-0.39, 0.29) is 12.1 Å². The number of halogens is 2. The van der Waals surface area contributed by atoms with E-state index >= 15 is 0 Å². The number of hydrogen-bond acceptors (Lipinski definition) is 3. The van der Waals surface area contributed by atoms with Crippen LogP contribution < -0.4 is 5.73 Å². The SMILES string of the molecule is CC(C)(C)n1c(CN)nnc1Cc1ccc(F)c(F)c1. The molecule has 0 aliphatic rings. The van der Waals surface area contributed by atoms with Gasteiger partial charge in [-0.2, -0.15) is 0 Å². The molecule has 2 rings (SSSR count). The summed E-state index contributed by atoms with van der Waals surface area (Å²) in [6.45, 7) is 6.33.